The van der Waals surface area contributed by atoms with E-state index < -0.39 is 5.60 Å². The summed E-state index contributed by atoms with van der Waals surface area (Å²) in [6.07, 6.45) is 0.947. The van der Waals surface area contributed by atoms with Crippen LogP contribution in [0.25, 0.3) is 0 Å². The molecule has 0 aromatic heterocycles. The maximum Gasteiger partial charge on any atom is 0.194 e. The van der Waals surface area contributed by atoms with E-state index in [1.165, 1.54) is 0 Å². The zero-order chi connectivity index (χ0) is 12.8. The van der Waals surface area contributed by atoms with Crippen molar-refractivity contribution in [3.63, 3.8) is 0 Å². The highest BCUT2D eigenvalue weighted by atomic mass is 16.3. The molecule has 1 unspecified atom stereocenters. The van der Waals surface area contributed by atoms with Crippen molar-refractivity contribution >= 4 is 5.78 Å². The van der Waals surface area contributed by atoms with Crippen LogP contribution in [0.3, 0.4) is 0 Å². The zero-order valence-corrected chi connectivity index (χ0v) is 10.5. The second kappa shape index (κ2) is 3.93. The molecule has 1 aliphatic carbocycles. The van der Waals surface area contributed by atoms with E-state index in [4.69, 9.17) is 5.11 Å². The summed E-state index contributed by atoms with van der Waals surface area (Å²) in [5.74, 6) is -0.191. The van der Waals surface area contributed by atoms with Crippen molar-refractivity contribution in [3.8, 4) is 0 Å². The molecule has 3 nitrogen and oxygen atoms in total. The van der Waals surface area contributed by atoms with E-state index in [1.54, 1.807) is 6.92 Å². The molecule has 92 valence electrons. The SMILES string of the molecule is Cc1cc2c(c(C)c1CCO)C(=O)C(C)(O)C2. The molecule has 2 rings (SSSR count). The Balaban J connectivity index is 2.62. The maximum atomic E-state index is 12.1. The zero-order valence-electron chi connectivity index (χ0n) is 10.5. The Morgan fingerprint density at radius 3 is 2.65 bits per heavy atom. The predicted molar refractivity (Wildman–Crippen MR) is 65.4 cm³/mol. The lowest BCUT2D eigenvalue weighted by Gasteiger charge is -2.13. The predicted octanol–water partition coefficient (Wildman–Crippen LogP) is 1.33. The van der Waals surface area contributed by atoms with Crippen LogP contribution in [0.5, 0.6) is 0 Å². The third-order valence-electron chi connectivity index (χ3n) is 3.63. The number of carbonyl (C=O) groups excluding carboxylic acids is 1. The van der Waals surface area contributed by atoms with Gasteiger partial charge in [0.25, 0.3) is 0 Å². The van der Waals surface area contributed by atoms with Gasteiger partial charge in [-0.15, -0.1) is 0 Å². The molecule has 2 N–H and O–H groups in total. The Hall–Kier alpha value is -1.19. The molecular weight excluding hydrogens is 216 g/mol. The average Bonchev–Trinajstić information content (AvgIpc) is 2.44. The number of fused-ring (bicyclic) bond motifs is 1. The van der Waals surface area contributed by atoms with Gasteiger partial charge in [-0.25, -0.2) is 0 Å². The molecule has 1 atom stereocenters. The molecule has 1 aromatic rings. The first-order chi connectivity index (χ1) is 7.88. The molecular formula is C14H18O3. The fourth-order valence-electron chi connectivity index (χ4n) is 2.78. The fraction of sp³-hybridized carbons (Fsp3) is 0.500. The molecule has 0 heterocycles. The number of aliphatic hydroxyl groups excluding tert-OH is 1. The molecule has 0 aliphatic heterocycles. The number of rotatable bonds is 2. The lowest BCUT2D eigenvalue weighted by atomic mass is 9.92. The molecule has 0 saturated heterocycles. The van der Waals surface area contributed by atoms with Crippen LogP contribution in [0.1, 0.15) is 39.5 Å². The molecule has 0 fully saturated rings. The highest BCUT2D eigenvalue weighted by molar-refractivity contribution is 6.07. The summed E-state index contributed by atoms with van der Waals surface area (Å²) in [7, 11) is 0. The third-order valence-corrected chi connectivity index (χ3v) is 3.63. The topological polar surface area (TPSA) is 57.5 Å². The smallest absolute Gasteiger partial charge is 0.194 e. The number of hydrogen-bond donors (Lipinski definition) is 2. The molecule has 3 heteroatoms. The number of aliphatic hydroxyl groups is 2. The van der Waals surface area contributed by atoms with Crippen LogP contribution in [0.2, 0.25) is 0 Å². The van der Waals surface area contributed by atoms with E-state index in [0.29, 0.717) is 18.4 Å². The Labute approximate surface area is 101 Å². The van der Waals surface area contributed by atoms with Gasteiger partial charge in [-0.2, -0.15) is 0 Å². The molecule has 0 bridgehead atoms. The molecule has 0 radical (unpaired) electrons. The van der Waals surface area contributed by atoms with E-state index in [9.17, 15) is 9.90 Å². The van der Waals surface area contributed by atoms with Crippen LogP contribution in [0, 0.1) is 13.8 Å². The largest absolute Gasteiger partial charge is 0.396 e. The van der Waals surface area contributed by atoms with Crippen molar-refractivity contribution in [3.05, 3.63) is 33.9 Å². The van der Waals surface area contributed by atoms with Gasteiger partial charge < -0.3 is 10.2 Å². The minimum absolute atomic E-state index is 0.0745. The Bertz CT molecular complexity index is 487. The van der Waals surface area contributed by atoms with Crippen molar-refractivity contribution in [2.45, 2.75) is 39.2 Å². The highest BCUT2D eigenvalue weighted by Gasteiger charge is 2.41. The Kier molecular flexibility index (Phi) is 2.84. The number of aryl methyl sites for hydroxylation is 1. The first kappa shape index (κ1) is 12.3. The van der Waals surface area contributed by atoms with E-state index in [0.717, 1.165) is 22.3 Å². The van der Waals surface area contributed by atoms with Crippen LogP contribution in [-0.4, -0.2) is 28.2 Å². The minimum Gasteiger partial charge on any atom is -0.396 e. The van der Waals surface area contributed by atoms with E-state index >= 15 is 0 Å². The van der Waals surface area contributed by atoms with Gasteiger partial charge >= 0.3 is 0 Å². The molecule has 0 amide bonds. The molecule has 0 saturated carbocycles. The van der Waals surface area contributed by atoms with Gasteiger partial charge in [0.2, 0.25) is 0 Å². The molecule has 1 aliphatic rings. The van der Waals surface area contributed by atoms with E-state index in [1.807, 2.05) is 19.9 Å². The first-order valence-corrected chi connectivity index (χ1v) is 5.88. The Morgan fingerprint density at radius 1 is 1.41 bits per heavy atom. The van der Waals surface area contributed by atoms with Crippen LogP contribution in [-0.2, 0) is 12.8 Å². The normalized spacial score (nSPS) is 23.0. The van der Waals surface area contributed by atoms with Crippen LogP contribution < -0.4 is 0 Å². The molecule has 17 heavy (non-hydrogen) atoms. The molecule has 1 aromatic carbocycles. The summed E-state index contributed by atoms with van der Waals surface area (Å²) in [6.45, 7) is 5.52. The summed E-state index contributed by atoms with van der Waals surface area (Å²) < 4.78 is 0. The van der Waals surface area contributed by atoms with Crippen molar-refractivity contribution in [1.29, 1.82) is 0 Å². The van der Waals surface area contributed by atoms with Crippen molar-refractivity contribution in [1.82, 2.24) is 0 Å². The van der Waals surface area contributed by atoms with E-state index in [-0.39, 0.29) is 12.4 Å². The average molecular weight is 234 g/mol. The number of hydrogen-bond acceptors (Lipinski definition) is 3. The Morgan fingerprint density at radius 2 is 2.06 bits per heavy atom. The van der Waals surface area contributed by atoms with Crippen molar-refractivity contribution in [2.24, 2.45) is 0 Å². The van der Waals surface area contributed by atoms with E-state index in [2.05, 4.69) is 0 Å². The van der Waals surface area contributed by atoms with Crippen molar-refractivity contribution < 1.29 is 15.0 Å². The fourth-order valence-corrected chi connectivity index (χ4v) is 2.78. The van der Waals surface area contributed by atoms with Gasteiger partial charge in [0.15, 0.2) is 5.78 Å². The van der Waals surface area contributed by atoms with Crippen LogP contribution in [0.4, 0.5) is 0 Å². The standard InChI is InChI=1S/C14H18O3/c1-8-6-10-7-14(3,17)13(16)12(10)9(2)11(8)4-5-15/h6,15,17H,4-5,7H2,1-3H3. The van der Waals surface area contributed by atoms with Crippen LogP contribution >= 0.6 is 0 Å². The minimum atomic E-state index is -1.27. The van der Waals surface area contributed by atoms with Gasteiger partial charge in [0, 0.05) is 18.6 Å². The number of ketones is 1. The number of Topliss-reactive ketones (excluding diaryl/α,β-unsaturated/α-hetero) is 1. The van der Waals surface area contributed by atoms with Gasteiger partial charge in [-0.3, -0.25) is 4.79 Å². The lowest BCUT2D eigenvalue weighted by Crippen LogP contribution is -2.31. The third kappa shape index (κ3) is 1.79. The second-order valence-corrected chi connectivity index (χ2v) is 5.08. The summed E-state index contributed by atoms with van der Waals surface area (Å²) in [6, 6.07) is 1.96. The number of carbonyl (C=O) groups is 1. The van der Waals surface area contributed by atoms with Gasteiger partial charge in [-0.1, -0.05) is 6.07 Å². The lowest BCUT2D eigenvalue weighted by molar-refractivity contribution is 0.0461. The summed E-state index contributed by atoms with van der Waals surface area (Å²) >= 11 is 0. The highest BCUT2D eigenvalue weighted by Crippen LogP contribution is 2.35. The van der Waals surface area contributed by atoms with Gasteiger partial charge in [0.1, 0.15) is 5.60 Å². The summed E-state index contributed by atoms with van der Waals surface area (Å²) in [5, 5.41) is 19.1. The number of benzene rings is 1. The second-order valence-electron chi connectivity index (χ2n) is 5.08. The summed E-state index contributed by atoms with van der Waals surface area (Å²) in [5.41, 5.74) is 3.34. The van der Waals surface area contributed by atoms with Crippen LogP contribution in [0.15, 0.2) is 6.07 Å². The maximum absolute atomic E-state index is 12.1. The summed E-state index contributed by atoms with van der Waals surface area (Å²) in [4.78, 5) is 12.1. The monoisotopic (exact) mass is 234 g/mol. The van der Waals surface area contributed by atoms with Gasteiger partial charge in [-0.05, 0) is 49.4 Å². The quantitative estimate of drug-likeness (QED) is 0.811. The van der Waals surface area contributed by atoms with Crippen molar-refractivity contribution in [2.75, 3.05) is 6.61 Å². The van der Waals surface area contributed by atoms with Gasteiger partial charge in [0.05, 0.1) is 0 Å². The molecule has 0 spiro atoms. The first-order valence-electron chi connectivity index (χ1n) is 5.88.